The van der Waals surface area contributed by atoms with E-state index in [2.05, 4.69) is 15.6 Å². The second-order valence-electron chi connectivity index (χ2n) is 15.9. The van der Waals surface area contributed by atoms with Crippen LogP contribution in [0, 0.1) is 23.7 Å². The number of likely N-dealkylation sites (tertiary alicyclic amines) is 1. The van der Waals surface area contributed by atoms with Gasteiger partial charge in [-0.3, -0.25) is 24.1 Å². The number of ether oxygens (including phenoxy) is 1. The minimum absolute atomic E-state index is 0.00905. The second kappa shape index (κ2) is 21.1. The summed E-state index contributed by atoms with van der Waals surface area (Å²) < 4.78 is 6.00. The molecule has 1 aromatic carbocycles. The van der Waals surface area contributed by atoms with E-state index in [1.807, 2.05) is 96.2 Å². The Labute approximate surface area is 327 Å². The van der Waals surface area contributed by atoms with Gasteiger partial charge in [-0.1, -0.05) is 85.2 Å². The molecule has 0 radical (unpaired) electrons. The zero-order valence-corrected chi connectivity index (χ0v) is 35.1. The maximum Gasteiger partial charge on any atom is 0.245 e. The van der Waals surface area contributed by atoms with Gasteiger partial charge >= 0.3 is 0 Å². The average molecular weight is 771 g/mol. The van der Waals surface area contributed by atoms with Gasteiger partial charge in [0.05, 0.1) is 48.7 Å². The quantitative estimate of drug-likeness (QED) is 0.178. The summed E-state index contributed by atoms with van der Waals surface area (Å²) >= 11 is 1.47. The Morgan fingerprint density at radius 3 is 2.20 bits per heavy atom. The third-order valence-corrected chi connectivity index (χ3v) is 11.9. The number of rotatable bonds is 20. The first-order valence-corrected chi connectivity index (χ1v) is 20.4. The van der Waals surface area contributed by atoms with Crippen LogP contribution in [-0.4, -0.2) is 120 Å². The number of hydrogen-bond donors (Lipinski definition) is 3. The number of amides is 4. The summed E-state index contributed by atoms with van der Waals surface area (Å²) in [6.45, 7) is 14.0. The van der Waals surface area contributed by atoms with Crippen molar-refractivity contribution in [1.82, 2.24) is 30.3 Å². The maximum absolute atomic E-state index is 14.2. The molecular formula is C41H66N6O6S. The topological polar surface area (TPSA) is 144 Å². The zero-order valence-electron chi connectivity index (χ0n) is 34.3. The van der Waals surface area contributed by atoms with Gasteiger partial charge in [-0.05, 0) is 56.7 Å². The number of carbonyl (C=O) groups excluding carboxylic acids is 4. The van der Waals surface area contributed by atoms with Crippen molar-refractivity contribution in [3.05, 3.63) is 52.5 Å². The van der Waals surface area contributed by atoms with Gasteiger partial charge in [0.25, 0.3) is 0 Å². The Bertz CT molecular complexity index is 1470. The number of methoxy groups -OCH3 is 1. The molecule has 2 aromatic rings. The summed E-state index contributed by atoms with van der Waals surface area (Å²) in [5.41, 5.74) is 1.06. The number of aliphatic hydroxyl groups is 1. The van der Waals surface area contributed by atoms with E-state index in [0.717, 1.165) is 17.0 Å². The van der Waals surface area contributed by atoms with E-state index in [4.69, 9.17) is 4.74 Å². The second-order valence-corrected chi connectivity index (χ2v) is 16.8. The third kappa shape index (κ3) is 11.6. The van der Waals surface area contributed by atoms with Crippen LogP contribution in [-0.2, 0) is 30.3 Å². The molecule has 0 aliphatic carbocycles. The molecule has 3 rings (SSSR count). The lowest BCUT2D eigenvalue weighted by atomic mass is 9.89. The average Bonchev–Trinajstić information content (AvgIpc) is 3.86. The van der Waals surface area contributed by atoms with Crippen molar-refractivity contribution in [2.24, 2.45) is 23.7 Å². The zero-order chi connectivity index (χ0) is 40.3. The molecule has 13 heteroatoms. The number of carbonyl (C=O) groups is 4. The highest BCUT2D eigenvalue weighted by Gasteiger charge is 2.42. The van der Waals surface area contributed by atoms with Crippen molar-refractivity contribution in [2.75, 3.05) is 34.8 Å². The summed E-state index contributed by atoms with van der Waals surface area (Å²) in [4.78, 5) is 65.1. The summed E-state index contributed by atoms with van der Waals surface area (Å²) in [5, 5.41) is 20.4. The molecule has 4 amide bonds. The molecule has 0 spiro atoms. The minimum Gasteiger partial charge on any atom is -0.390 e. The predicted octanol–water partition coefficient (Wildman–Crippen LogP) is 4.54. The first-order chi connectivity index (χ1) is 25.5. The van der Waals surface area contributed by atoms with E-state index in [1.165, 1.54) is 11.3 Å². The fourth-order valence-electron chi connectivity index (χ4n) is 7.83. The molecule has 1 aliphatic rings. The molecule has 1 fully saturated rings. The van der Waals surface area contributed by atoms with E-state index >= 15 is 0 Å². The molecule has 9 atom stereocenters. The van der Waals surface area contributed by atoms with Gasteiger partial charge in [-0.25, -0.2) is 4.98 Å². The van der Waals surface area contributed by atoms with Crippen molar-refractivity contribution < 1.29 is 29.0 Å². The van der Waals surface area contributed by atoms with Crippen LogP contribution in [0.5, 0.6) is 0 Å². The Morgan fingerprint density at radius 2 is 1.67 bits per heavy atom. The van der Waals surface area contributed by atoms with Crippen LogP contribution in [0.3, 0.4) is 0 Å². The van der Waals surface area contributed by atoms with E-state index in [1.54, 1.807) is 37.1 Å². The normalized spacial score (nSPS) is 19.2. The van der Waals surface area contributed by atoms with Gasteiger partial charge in [0.1, 0.15) is 11.0 Å². The SMILES string of the molecule is CC[C@H](C)[C@@H]([C@@H](CC(=O)N1CCC[C@H]1[C@H](O)[C@@H](C)C(=O)N[C@@H](Cc1ccccc1)c1nccs1)OC)N(C)C(=O)[C@@H](NC(=O)[C@H](C(C)C)N(C)C)C(C)C. The Kier molecular flexibility index (Phi) is 17.5. The molecule has 1 saturated heterocycles. The number of thiazole rings is 1. The first kappa shape index (κ1) is 45.0. The number of likely N-dealkylation sites (N-methyl/N-ethyl adjacent to an activating group) is 2. The fraction of sp³-hybridized carbons (Fsp3) is 0.683. The highest BCUT2D eigenvalue weighted by Crippen LogP contribution is 2.29. The van der Waals surface area contributed by atoms with Crippen molar-refractivity contribution in [3.63, 3.8) is 0 Å². The lowest BCUT2D eigenvalue weighted by Crippen LogP contribution is -2.59. The van der Waals surface area contributed by atoms with Crippen LogP contribution in [0.4, 0.5) is 0 Å². The maximum atomic E-state index is 14.2. The Morgan fingerprint density at radius 1 is 1.00 bits per heavy atom. The van der Waals surface area contributed by atoms with Gasteiger partial charge in [-0.2, -0.15) is 0 Å². The number of aromatic nitrogens is 1. The van der Waals surface area contributed by atoms with E-state index in [9.17, 15) is 24.3 Å². The number of nitrogens with one attached hydrogen (secondary N) is 2. The van der Waals surface area contributed by atoms with Gasteiger partial charge < -0.3 is 30.3 Å². The largest absolute Gasteiger partial charge is 0.390 e. The molecule has 0 bridgehead atoms. The third-order valence-electron chi connectivity index (χ3n) is 11.1. The van der Waals surface area contributed by atoms with Crippen LogP contribution in [0.25, 0.3) is 0 Å². The Hall–Kier alpha value is -3.39. The number of benzene rings is 1. The molecule has 2 heterocycles. The summed E-state index contributed by atoms with van der Waals surface area (Å²) in [5.74, 6) is -1.90. The summed E-state index contributed by atoms with van der Waals surface area (Å²) in [7, 11) is 6.98. The van der Waals surface area contributed by atoms with Gasteiger partial charge in [0, 0.05) is 32.3 Å². The molecule has 54 heavy (non-hydrogen) atoms. The molecular weight excluding hydrogens is 705 g/mol. The smallest absolute Gasteiger partial charge is 0.245 e. The van der Waals surface area contributed by atoms with Crippen molar-refractivity contribution >= 4 is 35.0 Å². The standard InChI is InChI=1S/C41H66N6O6S/c1-12-27(6)36(46(10)41(52)34(25(2)3)44-39(51)35(26(4)5)45(8)9)32(53-11)24-33(48)47-21-16-19-31(47)37(49)28(7)38(50)43-30(40-42-20-22-54-40)23-29-17-14-13-15-18-29/h13-15,17-18,20,22,25-28,30-32,34-37,49H,12,16,19,21,23-24H2,1-11H3,(H,43,50)(H,44,51)/t27-,28+,30-,31-,32+,34-,35-,36-,37+/m0/s1. The monoisotopic (exact) mass is 770 g/mol. The van der Waals surface area contributed by atoms with E-state index in [-0.39, 0.29) is 53.8 Å². The van der Waals surface area contributed by atoms with Gasteiger partial charge in [0.15, 0.2) is 0 Å². The van der Waals surface area contributed by atoms with Crippen molar-refractivity contribution in [3.8, 4) is 0 Å². The summed E-state index contributed by atoms with van der Waals surface area (Å²) in [6.07, 6.45) is 2.52. The first-order valence-electron chi connectivity index (χ1n) is 19.5. The predicted molar refractivity (Wildman–Crippen MR) is 214 cm³/mol. The van der Waals surface area contributed by atoms with Gasteiger partial charge in [0.2, 0.25) is 23.6 Å². The Balaban J connectivity index is 1.76. The molecule has 0 saturated carbocycles. The molecule has 302 valence electrons. The minimum atomic E-state index is -1.09. The van der Waals surface area contributed by atoms with Crippen LogP contribution < -0.4 is 10.6 Å². The van der Waals surface area contributed by atoms with Crippen LogP contribution >= 0.6 is 11.3 Å². The molecule has 12 nitrogen and oxygen atoms in total. The molecule has 0 unspecified atom stereocenters. The van der Waals surface area contributed by atoms with Crippen LogP contribution in [0.2, 0.25) is 0 Å². The van der Waals surface area contributed by atoms with Crippen molar-refractivity contribution in [1.29, 1.82) is 0 Å². The molecule has 1 aromatic heterocycles. The number of aliphatic hydroxyl groups excluding tert-OH is 1. The van der Waals surface area contributed by atoms with E-state index in [0.29, 0.717) is 25.8 Å². The lowest BCUT2D eigenvalue weighted by molar-refractivity contribution is -0.147. The molecule has 1 aliphatic heterocycles. The fourth-order valence-corrected chi connectivity index (χ4v) is 8.52. The van der Waals surface area contributed by atoms with E-state index < -0.39 is 42.3 Å². The number of hydrogen-bond acceptors (Lipinski definition) is 9. The highest BCUT2D eigenvalue weighted by atomic mass is 32.1. The van der Waals surface area contributed by atoms with Crippen molar-refractivity contribution in [2.45, 2.75) is 123 Å². The molecule has 3 N–H and O–H groups in total. The van der Waals surface area contributed by atoms with Crippen LogP contribution in [0.1, 0.15) is 90.8 Å². The highest BCUT2D eigenvalue weighted by molar-refractivity contribution is 7.09. The van der Waals surface area contributed by atoms with Crippen LogP contribution in [0.15, 0.2) is 41.9 Å². The summed E-state index contributed by atoms with van der Waals surface area (Å²) in [6, 6.07) is 7.35. The van der Waals surface area contributed by atoms with Gasteiger partial charge in [-0.15, -0.1) is 11.3 Å². The number of nitrogens with zero attached hydrogens (tertiary/aromatic N) is 4. The lowest BCUT2D eigenvalue weighted by Gasteiger charge is -2.41.